The van der Waals surface area contributed by atoms with E-state index in [1.54, 1.807) is 0 Å². The smallest absolute Gasteiger partial charge is 0.328 e. The summed E-state index contributed by atoms with van der Waals surface area (Å²) < 4.78 is 6.50. The first-order valence-corrected chi connectivity index (χ1v) is 8.43. The number of hydrogen-bond acceptors (Lipinski definition) is 5. The minimum atomic E-state index is -0.501. The van der Waals surface area contributed by atoms with Crippen LogP contribution in [0.2, 0.25) is 0 Å². The molecule has 1 aromatic heterocycles. The Kier molecular flexibility index (Phi) is 5.40. The van der Waals surface area contributed by atoms with E-state index in [0.29, 0.717) is 12.5 Å². The van der Waals surface area contributed by atoms with Gasteiger partial charge in [-0.1, -0.05) is 36.6 Å². The van der Waals surface area contributed by atoms with E-state index < -0.39 is 5.97 Å². The number of ether oxygens (including phenoxy) is 1. The Labute approximate surface area is 140 Å². The predicted octanol–water partition coefficient (Wildman–Crippen LogP) is 1.67. The van der Waals surface area contributed by atoms with Gasteiger partial charge in [0.1, 0.15) is 12.1 Å². The standard InChI is InChI=1S/C17H22N4O3/c22-16(18-10-13-6-2-1-3-7-13)12-24-17(23)11-21-15-9-5-4-8-14(15)19-20-21/h4-5,8-9,13H,1-3,6-7,10-12H2,(H,18,22). The van der Waals surface area contributed by atoms with E-state index in [9.17, 15) is 9.59 Å². The van der Waals surface area contributed by atoms with Gasteiger partial charge in [0.2, 0.25) is 0 Å². The van der Waals surface area contributed by atoms with Crippen molar-refractivity contribution in [1.29, 1.82) is 0 Å². The number of amides is 1. The van der Waals surface area contributed by atoms with Gasteiger partial charge in [-0.15, -0.1) is 5.10 Å². The SMILES string of the molecule is O=C(COC(=O)Cn1nnc2ccccc21)NCC1CCCCC1. The summed E-state index contributed by atoms with van der Waals surface area (Å²) in [6.45, 7) is 0.360. The van der Waals surface area contributed by atoms with E-state index in [4.69, 9.17) is 4.74 Å². The molecule has 0 spiro atoms. The number of nitrogens with zero attached hydrogens (tertiary/aromatic N) is 3. The minimum Gasteiger partial charge on any atom is -0.454 e. The summed E-state index contributed by atoms with van der Waals surface area (Å²) in [5.41, 5.74) is 1.48. The van der Waals surface area contributed by atoms with Crippen LogP contribution in [-0.2, 0) is 20.9 Å². The molecule has 0 bridgehead atoms. The Hall–Kier alpha value is -2.44. The number of benzene rings is 1. The van der Waals surface area contributed by atoms with Crippen molar-refractivity contribution >= 4 is 22.9 Å². The van der Waals surface area contributed by atoms with Gasteiger partial charge in [0.15, 0.2) is 6.61 Å². The third-order valence-electron chi connectivity index (χ3n) is 4.38. The Morgan fingerprint density at radius 1 is 1.21 bits per heavy atom. The van der Waals surface area contributed by atoms with E-state index in [0.717, 1.165) is 11.0 Å². The van der Waals surface area contributed by atoms with E-state index in [2.05, 4.69) is 15.6 Å². The molecule has 1 N–H and O–H groups in total. The first-order valence-electron chi connectivity index (χ1n) is 8.43. The van der Waals surface area contributed by atoms with Crippen LogP contribution in [0.1, 0.15) is 32.1 Å². The maximum absolute atomic E-state index is 11.9. The Balaban J connectivity index is 1.41. The zero-order chi connectivity index (χ0) is 16.8. The lowest BCUT2D eigenvalue weighted by Gasteiger charge is -2.21. The van der Waals surface area contributed by atoms with E-state index >= 15 is 0 Å². The normalized spacial score (nSPS) is 15.3. The average molecular weight is 330 g/mol. The van der Waals surface area contributed by atoms with E-state index in [1.807, 2.05) is 24.3 Å². The second-order valence-electron chi connectivity index (χ2n) is 6.20. The molecular weight excluding hydrogens is 308 g/mol. The third-order valence-corrected chi connectivity index (χ3v) is 4.38. The highest BCUT2D eigenvalue weighted by molar-refractivity contribution is 5.81. The largest absolute Gasteiger partial charge is 0.454 e. The average Bonchev–Trinajstić information content (AvgIpc) is 3.02. The number of para-hydroxylation sites is 1. The molecule has 2 aromatic rings. The lowest BCUT2D eigenvalue weighted by atomic mass is 9.89. The van der Waals surface area contributed by atoms with Crippen molar-refractivity contribution in [3.05, 3.63) is 24.3 Å². The van der Waals surface area contributed by atoms with Gasteiger partial charge in [0, 0.05) is 6.54 Å². The van der Waals surface area contributed by atoms with Crippen LogP contribution in [0.3, 0.4) is 0 Å². The van der Waals surface area contributed by atoms with Crippen molar-refractivity contribution in [2.24, 2.45) is 5.92 Å². The topological polar surface area (TPSA) is 86.1 Å². The highest BCUT2D eigenvalue weighted by Gasteiger charge is 2.15. The van der Waals surface area contributed by atoms with Gasteiger partial charge in [-0.25, -0.2) is 4.68 Å². The Morgan fingerprint density at radius 3 is 2.83 bits per heavy atom. The molecule has 1 heterocycles. The molecule has 0 atom stereocenters. The Morgan fingerprint density at radius 2 is 2.00 bits per heavy atom. The van der Waals surface area contributed by atoms with Crippen LogP contribution in [-0.4, -0.2) is 40.0 Å². The van der Waals surface area contributed by atoms with Crippen LogP contribution in [0.4, 0.5) is 0 Å². The number of aromatic nitrogens is 3. The van der Waals surface area contributed by atoms with Gasteiger partial charge in [-0.3, -0.25) is 9.59 Å². The molecule has 1 aromatic carbocycles. The number of carbonyl (C=O) groups excluding carboxylic acids is 2. The quantitative estimate of drug-likeness (QED) is 0.814. The zero-order valence-electron chi connectivity index (χ0n) is 13.6. The highest BCUT2D eigenvalue weighted by Crippen LogP contribution is 2.22. The molecule has 7 heteroatoms. The van der Waals surface area contributed by atoms with Crippen LogP contribution >= 0.6 is 0 Å². The number of esters is 1. The van der Waals surface area contributed by atoms with Crippen molar-refractivity contribution in [3.8, 4) is 0 Å². The number of fused-ring (bicyclic) bond motifs is 1. The van der Waals surface area contributed by atoms with E-state index in [1.165, 1.54) is 36.8 Å². The molecule has 0 radical (unpaired) electrons. The molecule has 1 amide bonds. The van der Waals surface area contributed by atoms with Gasteiger partial charge >= 0.3 is 5.97 Å². The second-order valence-corrected chi connectivity index (χ2v) is 6.20. The van der Waals surface area contributed by atoms with Gasteiger partial charge in [0.25, 0.3) is 5.91 Å². The molecule has 128 valence electrons. The molecule has 1 aliphatic rings. The molecule has 7 nitrogen and oxygen atoms in total. The van der Waals surface area contributed by atoms with Crippen LogP contribution in [0, 0.1) is 5.92 Å². The van der Waals surface area contributed by atoms with Crippen molar-refractivity contribution in [2.45, 2.75) is 38.6 Å². The highest BCUT2D eigenvalue weighted by atomic mass is 16.5. The summed E-state index contributed by atoms with van der Waals surface area (Å²) in [6.07, 6.45) is 6.10. The van der Waals surface area contributed by atoms with Crippen molar-refractivity contribution in [3.63, 3.8) is 0 Å². The van der Waals surface area contributed by atoms with Crippen molar-refractivity contribution in [2.75, 3.05) is 13.2 Å². The summed E-state index contributed by atoms with van der Waals surface area (Å²) in [6, 6.07) is 7.37. The third kappa shape index (κ3) is 4.31. The van der Waals surface area contributed by atoms with Gasteiger partial charge in [-0.05, 0) is 30.9 Å². The molecule has 0 unspecified atom stereocenters. The van der Waals surface area contributed by atoms with Crippen molar-refractivity contribution in [1.82, 2.24) is 20.3 Å². The minimum absolute atomic E-state index is 0.0591. The zero-order valence-corrected chi connectivity index (χ0v) is 13.6. The molecule has 1 fully saturated rings. The predicted molar refractivity (Wildman–Crippen MR) is 88.1 cm³/mol. The molecule has 24 heavy (non-hydrogen) atoms. The molecule has 0 saturated heterocycles. The number of nitrogens with one attached hydrogen (secondary N) is 1. The van der Waals surface area contributed by atoms with Gasteiger partial charge in [0.05, 0.1) is 5.52 Å². The molecule has 0 aliphatic heterocycles. The van der Waals surface area contributed by atoms with Crippen LogP contribution < -0.4 is 5.32 Å². The van der Waals surface area contributed by atoms with Gasteiger partial charge < -0.3 is 10.1 Å². The molecule has 1 saturated carbocycles. The first kappa shape index (κ1) is 16.4. The lowest BCUT2D eigenvalue weighted by molar-refractivity contribution is -0.149. The van der Waals surface area contributed by atoms with Crippen LogP contribution in [0.25, 0.3) is 11.0 Å². The first-order chi connectivity index (χ1) is 11.7. The monoisotopic (exact) mass is 330 g/mol. The second kappa shape index (κ2) is 7.90. The summed E-state index contributed by atoms with van der Waals surface area (Å²) in [7, 11) is 0. The fourth-order valence-corrected chi connectivity index (χ4v) is 3.05. The summed E-state index contributed by atoms with van der Waals surface area (Å²) in [5.74, 6) is -0.198. The number of carbonyl (C=O) groups is 2. The maximum atomic E-state index is 11.9. The Bertz CT molecular complexity index is 707. The lowest BCUT2D eigenvalue weighted by Crippen LogP contribution is -2.34. The summed E-state index contributed by atoms with van der Waals surface area (Å²) >= 11 is 0. The number of hydrogen-bond donors (Lipinski definition) is 1. The van der Waals surface area contributed by atoms with Crippen LogP contribution in [0.15, 0.2) is 24.3 Å². The van der Waals surface area contributed by atoms with Crippen LogP contribution in [0.5, 0.6) is 0 Å². The maximum Gasteiger partial charge on any atom is 0.328 e. The summed E-state index contributed by atoms with van der Waals surface area (Å²) in [5, 5.41) is 10.7. The fraction of sp³-hybridized carbons (Fsp3) is 0.529. The molecule has 1 aliphatic carbocycles. The molecule has 3 rings (SSSR count). The number of rotatable bonds is 6. The summed E-state index contributed by atoms with van der Waals surface area (Å²) in [4.78, 5) is 23.7. The fourth-order valence-electron chi connectivity index (χ4n) is 3.05. The van der Waals surface area contributed by atoms with E-state index in [-0.39, 0.29) is 19.1 Å². The van der Waals surface area contributed by atoms with Gasteiger partial charge in [-0.2, -0.15) is 0 Å². The molecular formula is C17H22N4O3. The van der Waals surface area contributed by atoms with Crippen molar-refractivity contribution < 1.29 is 14.3 Å².